The number of benzene rings is 1. The van der Waals surface area contributed by atoms with Gasteiger partial charge in [-0.05, 0) is 81.8 Å². The van der Waals surface area contributed by atoms with Crippen LogP contribution in [0.4, 0.5) is 20.4 Å². The lowest BCUT2D eigenvalue weighted by molar-refractivity contribution is -0.133. The number of pyridine rings is 1. The van der Waals surface area contributed by atoms with Crippen molar-refractivity contribution >= 4 is 44.4 Å². The quantitative estimate of drug-likeness (QED) is 0.240. The van der Waals surface area contributed by atoms with Crippen molar-refractivity contribution in [3.05, 3.63) is 48.4 Å². The van der Waals surface area contributed by atoms with E-state index < -0.39 is 22.7 Å². The van der Waals surface area contributed by atoms with Gasteiger partial charge in [0, 0.05) is 37.1 Å². The molecule has 3 aromatic rings. The van der Waals surface area contributed by atoms with Gasteiger partial charge in [-0.15, -0.1) is 0 Å². The van der Waals surface area contributed by atoms with Crippen LogP contribution in [0.1, 0.15) is 56.4 Å². The number of piperidine rings is 3. The topological polar surface area (TPSA) is 159 Å². The summed E-state index contributed by atoms with van der Waals surface area (Å²) < 4.78 is 56.7. The SMILES string of the molecule is O=C1CCC(Nc2ccc(C3CCN(CCCS(=O)(=O)N4CCC(Nc5ncc(OC(F)F)cn5)CC4)CC3)c3cccnc23)C(=O)N1. The first-order chi connectivity index (χ1) is 23.1. The summed E-state index contributed by atoms with van der Waals surface area (Å²) in [5.74, 6) is 0.0218. The zero-order valence-electron chi connectivity index (χ0n) is 26.5. The van der Waals surface area contributed by atoms with Gasteiger partial charge in [0.05, 0.1) is 29.4 Å². The Balaban J connectivity index is 0.948. The fourth-order valence-electron chi connectivity index (χ4n) is 6.77. The van der Waals surface area contributed by atoms with Crippen LogP contribution in [-0.2, 0) is 19.6 Å². The summed E-state index contributed by atoms with van der Waals surface area (Å²) in [5, 5.41) is 9.87. The fraction of sp³-hybridized carbons (Fsp3) is 0.531. The Morgan fingerprint density at radius 1 is 0.958 bits per heavy atom. The van der Waals surface area contributed by atoms with Crippen LogP contribution in [-0.4, -0.2) is 102 Å². The molecule has 0 saturated carbocycles. The van der Waals surface area contributed by atoms with E-state index in [1.54, 1.807) is 10.5 Å². The predicted molar refractivity (Wildman–Crippen MR) is 175 cm³/mol. The number of ether oxygens (including phenoxy) is 1. The number of halogens is 2. The van der Waals surface area contributed by atoms with Gasteiger partial charge >= 0.3 is 6.61 Å². The van der Waals surface area contributed by atoms with Crippen molar-refractivity contribution in [1.82, 2.24) is 29.5 Å². The zero-order valence-corrected chi connectivity index (χ0v) is 27.3. The number of sulfonamides is 1. The molecular weight excluding hydrogens is 646 g/mol. The van der Waals surface area contributed by atoms with Crippen molar-refractivity contribution in [1.29, 1.82) is 0 Å². The zero-order chi connectivity index (χ0) is 33.7. The van der Waals surface area contributed by atoms with E-state index in [1.165, 1.54) is 18.0 Å². The molecule has 1 unspecified atom stereocenters. The standard InChI is InChI=1S/C32H40F2N8O5S/c33-31(34)47-23-19-36-32(37-20-23)38-22-10-16-42(17-11-22)48(45,46)18-2-13-41-14-8-21(9-15-41)24-4-5-26(29-25(24)3-1-12-35-29)39-27-6-7-28(43)40-30(27)44/h1,3-5,12,19-22,27,31,39H,2,6-11,13-18H2,(H,36,37,38)(H,40,43,44). The second kappa shape index (κ2) is 15.0. The van der Waals surface area contributed by atoms with Crippen molar-refractivity contribution in [2.24, 2.45) is 0 Å². The lowest BCUT2D eigenvalue weighted by Gasteiger charge is -2.34. The third kappa shape index (κ3) is 8.33. The summed E-state index contributed by atoms with van der Waals surface area (Å²) >= 11 is 0. The molecule has 0 bridgehead atoms. The van der Waals surface area contributed by atoms with E-state index in [2.05, 4.69) is 52.7 Å². The average molecular weight is 687 g/mol. The summed E-state index contributed by atoms with van der Waals surface area (Å²) in [7, 11) is -3.39. The third-order valence-electron chi connectivity index (χ3n) is 9.31. The molecular formula is C32H40F2N8O5S. The van der Waals surface area contributed by atoms with E-state index in [-0.39, 0.29) is 35.3 Å². The number of anilines is 2. The molecule has 3 aliphatic heterocycles. The average Bonchev–Trinajstić information content (AvgIpc) is 3.07. The second-order valence-corrected chi connectivity index (χ2v) is 14.6. The number of aromatic nitrogens is 3. The number of carbonyl (C=O) groups is 2. The Hall–Kier alpha value is -4.02. The van der Waals surface area contributed by atoms with Crippen molar-refractivity contribution in [3.63, 3.8) is 0 Å². The molecule has 3 fully saturated rings. The first kappa shape index (κ1) is 33.9. The minimum absolute atomic E-state index is 0.0229. The smallest absolute Gasteiger partial charge is 0.387 e. The van der Waals surface area contributed by atoms with E-state index in [1.807, 2.05) is 12.1 Å². The highest BCUT2D eigenvalue weighted by Crippen LogP contribution is 2.36. The van der Waals surface area contributed by atoms with Crippen LogP contribution in [0.25, 0.3) is 10.9 Å². The number of hydrogen-bond acceptors (Lipinski definition) is 11. The molecule has 0 radical (unpaired) electrons. The molecule has 3 N–H and O–H groups in total. The number of rotatable bonds is 12. The van der Waals surface area contributed by atoms with Gasteiger partial charge in [-0.3, -0.25) is 19.9 Å². The molecule has 6 rings (SSSR count). The molecule has 0 aliphatic carbocycles. The number of nitrogens with zero attached hydrogens (tertiary/aromatic N) is 5. The second-order valence-electron chi connectivity index (χ2n) is 12.5. The van der Waals surface area contributed by atoms with E-state index >= 15 is 0 Å². The summed E-state index contributed by atoms with van der Waals surface area (Å²) in [6.07, 6.45) is 8.45. The molecule has 16 heteroatoms. The highest BCUT2D eigenvalue weighted by molar-refractivity contribution is 7.89. The number of fused-ring (bicyclic) bond motifs is 1. The minimum Gasteiger partial charge on any atom is -0.432 e. The Morgan fingerprint density at radius 3 is 2.42 bits per heavy atom. The minimum atomic E-state index is -3.39. The lowest BCUT2D eigenvalue weighted by Crippen LogP contribution is -2.47. The number of likely N-dealkylation sites (tertiary alicyclic amines) is 1. The van der Waals surface area contributed by atoms with Gasteiger partial charge in [-0.2, -0.15) is 8.78 Å². The maximum Gasteiger partial charge on any atom is 0.387 e. The van der Waals surface area contributed by atoms with Crippen molar-refractivity contribution in [3.8, 4) is 5.75 Å². The van der Waals surface area contributed by atoms with Crippen LogP contribution in [0.5, 0.6) is 5.75 Å². The lowest BCUT2D eigenvalue weighted by atomic mass is 9.86. The van der Waals surface area contributed by atoms with Crippen LogP contribution >= 0.6 is 0 Å². The maximum atomic E-state index is 13.1. The molecule has 2 aromatic heterocycles. The van der Waals surface area contributed by atoms with Gasteiger partial charge < -0.3 is 20.3 Å². The van der Waals surface area contributed by atoms with Crippen LogP contribution in [0.15, 0.2) is 42.9 Å². The van der Waals surface area contributed by atoms with E-state index in [0.717, 1.165) is 42.5 Å². The molecule has 3 aliphatic rings. The molecule has 1 atom stereocenters. The van der Waals surface area contributed by atoms with Gasteiger partial charge in [-0.25, -0.2) is 22.7 Å². The number of hydrogen-bond donors (Lipinski definition) is 3. The van der Waals surface area contributed by atoms with Gasteiger partial charge in [0.15, 0.2) is 5.75 Å². The molecule has 1 aromatic carbocycles. The largest absolute Gasteiger partial charge is 0.432 e. The Kier molecular flexibility index (Phi) is 10.6. The predicted octanol–water partition coefficient (Wildman–Crippen LogP) is 3.32. The van der Waals surface area contributed by atoms with Crippen molar-refractivity contribution < 1.29 is 31.5 Å². The normalized spacial score (nSPS) is 20.6. The van der Waals surface area contributed by atoms with Crippen LogP contribution in [0.3, 0.4) is 0 Å². The van der Waals surface area contributed by atoms with Gasteiger partial charge in [0.1, 0.15) is 6.04 Å². The molecule has 48 heavy (non-hydrogen) atoms. The highest BCUT2D eigenvalue weighted by atomic mass is 32.2. The Labute approximate surface area is 277 Å². The number of nitrogens with one attached hydrogen (secondary N) is 3. The molecule has 3 saturated heterocycles. The van der Waals surface area contributed by atoms with Crippen LogP contribution in [0, 0.1) is 0 Å². The van der Waals surface area contributed by atoms with Crippen LogP contribution < -0.4 is 20.7 Å². The summed E-state index contributed by atoms with van der Waals surface area (Å²) in [5.41, 5.74) is 2.79. The number of amides is 2. The molecule has 258 valence electrons. The first-order valence-corrected chi connectivity index (χ1v) is 18.0. The number of imide groups is 1. The summed E-state index contributed by atoms with van der Waals surface area (Å²) in [6.45, 7) is 0.294. The monoisotopic (exact) mass is 686 g/mol. The van der Waals surface area contributed by atoms with E-state index in [4.69, 9.17) is 0 Å². The van der Waals surface area contributed by atoms with Gasteiger partial charge in [0.2, 0.25) is 27.8 Å². The van der Waals surface area contributed by atoms with Crippen molar-refractivity contribution in [2.75, 3.05) is 49.1 Å². The number of carbonyl (C=O) groups excluding carboxylic acids is 2. The van der Waals surface area contributed by atoms with Gasteiger partial charge in [-0.1, -0.05) is 12.1 Å². The summed E-state index contributed by atoms with van der Waals surface area (Å²) in [6, 6.07) is 7.55. The maximum absolute atomic E-state index is 13.1. The Morgan fingerprint density at radius 2 is 1.71 bits per heavy atom. The molecule has 5 heterocycles. The first-order valence-electron chi connectivity index (χ1n) is 16.4. The van der Waals surface area contributed by atoms with E-state index in [0.29, 0.717) is 57.7 Å². The molecule has 13 nitrogen and oxygen atoms in total. The van der Waals surface area contributed by atoms with Gasteiger partial charge in [0.25, 0.3) is 0 Å². The third-order valence-corrected chi connectivity index (χ3v) is 11.3. The highest BCUT2D eigenvalue weighted by Gasteiger charge is 2.30. The van der Waals surface area contributed by atoms with Crippen molar-refractivity contribution in [2.45, 2.75) is 69.6 Å². The number of alkyl halides is 2. The fourth-order valence-corrected chi connectivity index (χ4v) is 8.29. The van der Waals surface area contributed by atoms with Crippen LogP contribution in [0.2, 0.25) is 0 Å². The molecule has 0 spiro atoms. The summed E-state index contributed by atoms with van der Waals surface area (Å²) in [4.78, 5) is 38.8. The molecule has 2 amide bonds. The van der Waals surface area contributed by atoms with E-state index in [9.17, 15) is 26.8 Å². The Bertz CT molecular complexity index is 1700.